The van der Waals surface area contributed by atoms with E-state index in [2.05, 4.69) is 240 Å². The fraction of sp³-hybridized carbons (Fsp3) is 0. The first-order chi connectivity index (χ1) is 30.3. The van der Waals surface area contributed by atoms with E-state index in [-0.39, 0.29) is 0 Å². The molecule has 3 heteroatoms. The molecule has 0 spiro atoms. The summed E-state index contributed by atoms with van der Waals surface area (Å²) in [6.07, 6.45) is 0. The van der Waals surface area contributed by atoms with E-state index in [0.717, 1.165) is 61.4 Å². The van der Waals surface area contributed by atoms with Crippen molar-refractivity contribution in [1.29, 1.82) is 0 Å². The van der Waals surface area contributed by atoms with Gasteiger partial charge in [0.05, 0.1) is 16.7 Å². The van der Waals surface area contributed by atoms with Gasteiger partial charge in [-0.05, 0) is 111 Å². The summed E-state index contributed by atoms with van der Waals surface area (Å²) in [5, 5.41) is 7.02. The summed E-state index contributed by atoms with van der Waals surface area (Å²) >= 11 is 0. The second-order valence-corrected chi connectivity index (χ2v) is 15.7. The van der Waals surface area contributed by atoms with E-state index < -0.39 is 0 Å². The molecule has 12 aromatic rings. The lowest BCUT2D eigenvalue weighted by Crippen LogP contribution is -2.11. The second kappa shape index (κ2) is 14.3. The van der Waals surface area contributed by atoms with E-state index in [1.807, 2.05) is 0 Å². The Labute approximate surface area is 353 Å². The molecule has 0 N–H and O–H groups in total. The predicted molar refractivity (Wildman–Crippen MR) is 257 cm³/mol. The second-order valence-electron chi connectivity index (χ2n) is 15.7. The van der Waals surface area contributed by atoms with Crippen LogP contribution >= 0.6 is 0 Å². The quantitative estimate of drug-likeness (QED) is 0.161. The fourth-order valence-corrected chi connectivity index (χ4v) is 9.39. The summed E-state index contributed by atoms with van der Waals surface area (Å²) in [5.74, 6) is 0. The van der Waals surface area contributed by atoms with Gasteiger partial charge in [-0.1, -0.05) is 158 Å². The highest BCUT2D eigenvalue weighted by Crippen LogP contribution is 2.46. The van der Waals surface area contributed by atoms with Crippen LogP contribution in [-0.4, -0.2) is 4.57 Å². The molecule has 0 fully saturated rings. The molecule has 0 bridgehead atoms. The largest absolute Gasteiger partial charge is 0.456 e. The minimum Gasteiger partial charge on any atom is -0.456 e. The molecule has 286 valence electrons. The van der Waals surface area contributed by atoms with Crippen LogP contribution in [0.25, 0.3) is 93.6 Å². The van der Waals surface area contributed by atoms with Crippen LogP contribution in [0.4, 0.5) is 17.1 Å². The average molecular weight is 779 g/mol. The number of furan rings is 1. The number of nitrogens with zero attached hydrogens (tertiary/aromatic N) is 2. The summed E-state index contributed by atoms with van der Waals surface area (Å²) in [6.45, 7) is 0. The number of para-hydroxylation sites is 3. The number of hydrogen-bond donors (Lipinski definition) is 0. The molecule has 2 aromatic heterocycles. The summed E-state index contributed by atoms with van der Waals surface area (Å²) in [6, 6.07) is 82.7. The third-order valence-corrected chi connectivity index (χ3v) is 12.2. The van der Waals surface area contributed by atoms with Crippen LogP contribution in [0, 0.1) is 0 Å². The Kier molecular flexibility index (Phi) is 8.17. The first-order valence-electron chi connectivity index (χ1n) is 20.8. The number of benzene rings is 10. The van der Waals surface area contributed by atoms with Gasteiger partial charge in [0.15, 0.2) is 0 Å². The topological polar surface area (TPSA) is 21.3 Å². The standard InChI is InChI=1S/C58H38N2O/c1-4-16-39(17-5-1)40-28-31-44(32-29-40)59(53-26-14-12-22-46(53)41-18-6-2-7-19-41)45-33-35-56-52(37-45)58-49-25-11-10-23-47(49)50(38-57(58)61-56)42-30-34-55-51(36-42)48-24-13-15-27-54(48)60(55)43-20-8-3-9-21-43/h1-38H. The smallest absolute Gasteiger partial charge is 0.136 e. The maximum absolute atomic E-state index is 6.82. The van der Waals surface area contributed by atoms with Crippen molar-refractivity contribution in [3.63, 3.8) is 0 Å². The zero-order valence-electron chi connectivity index (χ0n) is 33.2. The minimum atomic E-state index is 0.859. The van der Waals surface area contributed by atoms with Crippen LogP contribution in [0.5, 0.6) is 0 Å². The Morgan fingerprint density at radius 2 is 0.918 bits per heavy atom. The lowest BCUT2D eigenvalue weighted by Gasteiger charge is -2.28. The molecule has 0 atom stereocenters. The number of rotatable bonds is 7. The molecule has 0 saturated carbocycles. The average Bonchev–Trinajstić information content (AvgIpc) is 3.88. The van der Waals surface area contributed by atoms with Crippen LogP contribution in [0.2, 0.25) is 0 Å². The summed E-state index contributed by atoms with van der Waals surface area (Å²) in [4.78, 5) is 2.38. The van der Waals surface area contributed by atoms with Gasteiger partial charge in [-0.3, -0.25) is 0 Å². The van der Waals surface area contributed by atoms with E-state index >= 15 is 0 Å². The van der Waals surface area contributed by atoms with Crippen molar-refractivity contribution in [2.24, 2.45) is 0 Å². The fourth-order valence-electron chi connectivity index (χ4n) is 9.39. The van der Waals surface area contributed by atoms with E-state index in [4.69, 9.17) is 4.42 Å². The van der Waals surface area contributed by atoms with Gasteiger partial charge in [0.1, 0.15) is 11.2 Å². The molecule has 3 nitrogen and oxygen atoms in total. The zero-order valence-corrected chi connectivity index (χ0v) is 33.2. The Hall–Kier alpha value is -8.14. The van der Waals surface area contributed by atoms with Crippen molar-refractivity contribution in [2.45, 2.75) is 0 Å². The molecule has 10 aromatic carbocycles. The van der Waals surface area contributed by atoms with Gasteiger partial charge in [0.25, 0.3) is 0 Å². The van der Waals surface area contributed by atoms with Gasteiger partial charge in [-0.25, -0.2) is 0 Å². The highest BCUT2D eigenvalue weighted by molar-refractivity contribution is 6.23. The zero-order chi connectivity index (χ0) is 40.3. The van der Waals surface area contributed by atoms with E-state index in [9.17, 15) is 0 Å². The van der Waals surface area contributed by atoms with Crippen LogP contribution in [0.15, 0.2) is 235 Å². The van der Waals surface area contributed by atoms with Gasteiger partial charge in [0, 0.05) is 44.2 Å². The Morgan fingerprint density at radius 3 is 1.70 bits per heavy atom. The molecule has 0 unspecified atom stereocenters. The molecule has 0 aliphatic carbocycles. The first kappa shape index (κ1) is 34.9. The highest BCUT2D eigenvalue weighted by atomic mass is 16.3. The van der Waals surface area contributed by atoms with Crippen molar-refractivity contribution < 1.29 is 4.42 Å². The highest BCUT2D eigenvalue weighted by Gasteiger charge is 2.21. The first-order valence-corrected chi connectivity index (χ1v) is 20.8. The molecule has 0 radical (unpaired) electrons. The molecular formula is C58H38N2O. The van der Waals surface area contributed by atoms with E-state index in [1.165, 1.54) is 49.3 Å². The predicted octanol–water partition coefficient (Wildman–Crippen LogP) is 16.3. The third-order valence-electron chi connectivity index (χ3n) is 12.2. The molecule has 12 rings (SSSR count). The monoisotopic (exact) mass is 778 g/mol. The van der Waals surface area contributed by atoms with E-state index in [1.54, 1.807) is 0 Å². The normalized spacial score (nSPS) is 11.6. The van der Waals surface area contributed by atoms with Gasteiger partial charge in [-0.2, -0.15) is 0 Å². The molecule has 0 aliphatic heterocycles. The van der Waals surface area contributed by atoms with Crippen LogP contribution in [0.3, 0.4) is 0 Å². The molecule has 61 heavy (non-hydrogen) atoms. The van der Waals surface area contributed by atoms with Gasteiger partial charge >= 0.3 is 0 Å². The Bertz CT molecular complexity index is 3570. The molecule has 0 amide bonds. The Morgan fingerprint density at radius 1 is 0.328 bits per heavy atom. The van der Waals surface area contributed by atoms with Crippen molar-refractivity contribution >= 4 is 71.6 Å². The Balaban J connectivity index is 1.04. The van der Waals surface area contributed by atoms with Crippen LogP contribution in [-0.2, 0) is 0 Å². The lowest BCUT2D eigenvalue weighted by molar-refractivity contribution is 0.669. The number of hydrogen-bond acceptors (Lipinski definition) is 2. The maximum atomic E-state index is 6.82. The summed E-state index contributed by atoms with van der Waals surface area (Å²) < 4.78 is 9.19. The minimum absolute atomic E-state index is 0.859. The van der Waals surface area contributed by atoms with E-state index in [0.29, 0.717) is 0 Å². The molecule has 0 saturated heterocycles. The molecule has 0 aliphatic rings. The van der Waals surface area contributed by atoms with Crippen molar-refractivity contribution in [3.05, 3.63) is 231 Å². The third kappa shape index (κ3) is 5.82. The van der Waals surface area contributed by atoms with Crippen LogP contribution in [0.1, 0.15) is 0 Å². The van der Waals surface area contributed by atoms with Crippen molar-refractivity contribution in [3.8, 4) is 39.1 Å². The van der Waals surface area contributed by atoms with Gasteiger partial charge in [-0.15, -0.1) is 0 Å². The van der Waals surface area contributed by atoms with Crippen LogP contribution < -0.4 is 4.90 Å². The molecular weight excluding hydrogens is 741 g/mol. The number of aromatic nitrogens is 1. The lowest BCUT2D eigenvalue weighted by atomic mass is 9.94. The number of fused-ring (bicyclic) bond motifs is 8. The van der Waals surface area contributed by atoms with Gasteiger partial charge in [0.2, 0.25) is 0 Å². The van der Waals surface area contributed by atoms with Crippen molar-refractivity contribution in [2.75, 3.05) is 4.90 Å². The SMILES string of the molecule is c1ccc(-c2ccc(N(c3ccc4oc5cc(-c6ccc7c(c6)c6ccccc6n7-c6ccccc6)c6ccccc6c5c4c3)c3ccccc3-c3ccccc3)cc2)cc1. The maximum Gasteiger partial charge on any atom is 0.136 e. The van der Waals surface area contributed by atoms with Crippen molar-refractivity contribution in [1.82, 2.24) is 4.57 Å². The number of anilines is 3. The van der Waals surface area contributed by atoms with Gasteiger partial charge < -0.3 is 13.9 Å². The summed E-state index contributed by atoms with van der Waals surface area (Å²) in [7, 11) is 0. The molecule has 2 heterocycles. The summed E-state index contributed by atoms with van der Waals surface area (Å²) in [5.41, 5.74) is 15.5.